The Morgan fingerprint density at radius 2 is 1.78 bits per heavy atom. The maximum Gasteiger partial charge on any atom is 0.237 e. The molecule has 27 heavy (non-hydrogen) atoms. The lowest BCUT2D eigenvalue weighted by molar-refractivity contribution is -0.128. The molecule has 0 saturated carbocycles. The molecule has 0 fully saturated rings. The summed E-state index contributed by atoms with van der Waals surface area (Å²) < 4.78 is 22.4. The SMILES string of the molecule is CCN(CC)C(=O)C[S@](=O)CC(=O)Nc1cc(OCCOC)c(Cl)cc1Cl. The molecule has 0 aliphatic carbocycles. The van der Waals surface area contributed by atoms with Crippen LogP contribution in [0.2, 0.25) is 10.0 Å². The molecule has 0 aromatic heterocycles. The first kappa shape index (κ1) is 23.7. The number of ether oxygens (including phenoxy) is 2. The summed E-state index contributed by atoms with van der Waals surface area (Å²) in [6.45, 7) is 5.40. The second kappa shape index (κ2) is 12.2. The molecule has 0 saturated heterocycles. The Bertz CT molecular complexity index is 684. The van der Waals surface area contributed by atoms with Gasteiger partial charge in [0.15, 0.2) is 0 Å². The van der Waals surface area contributed by atoms with Crippen molar-refractivity contribution >= 4 is 51.5 Å². The molecular formula is C17H24Cl2N2O5S. The summed E-state index contributed by atoms with van der Waals surface area (Å²) in [6.07, 6.45) is 0. The number of rotatable bonds is 11. The van der Waals surface area contributed by atoms with E-state index in [4.69, 9.17) is 32.7 Å². The predicted molar refractivity (Wildman–Crippen MR) is 108 cm³/mol. The number of halogens is 2. The van der Waals surface area contributed by atoms with Crippen LogP contribution in [0.15, 0.2) is 12.1 Å². The highest BCUT2D eigenvalue weighted by molar-refractivity contribution is 7.86. The fourth-order valence-corrected chi connectivity index (χ4v) is 3.57. The maximum atomic E-state index is 12.1. The van der Waals surface area contributed by atoms with Gasteiger partial charge in [-0.05, 0) is 19.9 Å². The van der Waals surface area contributed by atoms with Crippen LogP contribution in [0, 0.1) is 0 Å². The molecular weight excluding hydrogens is 415 g/mol. The Morgan fingerprint density at radius 3 is 2.37 bits per heavy atom. The van der Waals surface area contributed by atoms with Gasteiger partial charge >= 0.3 is 0 Å². The van der Waals surface area contributed by atoms with Gasteiger partial charge in [-0.3, -0.25) is 13.8 Å². The van der Waals surface area contributed by atoms with Crippen molar-refractivity contribution in [2.75, 3.05) is 50.2 Å². The molecule has 1 rings (SSSR count). The predicted octanol–water partition coefficient (Wildman–Crippen LogP) is 2.57. The van der Waals surface area contributed by atoms with E-state index in [2.05, 4.69) is 5.32 Å². The standard InChI is InChI=1S/C17H24Cl2N2O5S/c1-4-21(5-2)17(23)11-27(24)10-16(22)20-14-9-15(26-7-6-25-3)13(19)8-12(14)18/h8-9H,4-7,10-11H2,1-3H3,(H,20,22)/t27-/m1/s1. The minimum atomic E-state index is -1.62. The summed E-state index contributed by atoms with van der Waals surface area (Å²) in [5.74, 6) is -0.941. The summed E-state index contributed by atoms with van der Waals surface area (Å²) in [5.41, 5.74) is 0.283. The molecule has 7 nitrogen and oxygen atoms in total. The Balaban J connectivity index is 2.69. The van der Waals surface area contributed by atoms with Gasteiger partial charge in [0.2, 0.25) is 11.8 Å². The molecule has 2 amide bonds. The maximum absolute atomic E-state index is 12.1. The lowest BCUT2D eigenvalue weighted by Crippen LogP contribution is -2.35. The van der Waals surface area contributed by atoms with Gasteiger partial charge in [-0.25, -0.2) is 0 Å². The average molecular weight is 439 g/mol. The first-order chi connectivity index (χ1) is 12.8. The molecule has 10 heteroatoms. The summed E-state index contributed by atoms with van der Waals surface area (Å²) in [4.78, 5) is 25.7. The third-order valence-electron chi connectivity index (χ3n) is 3.53. The average Bonchev–Trinajstić information content (AvgIpc) is 2.59. The highest BCUT2D eigenvalue weighted by Crippen LogP contribution is 2.34. The second-order valence-electron chi connectivity index (χ2n) is 5.45. The topological polar surface area (TPSA) is 84.9 Å². The van der Waals surface area contributed by atoms with Crippen LogP contribution in [0.3, 0.4) is 0 Å². The molecule has 0 heterocycles. The summed E-state index contributed by atoms with van der Waals surface area (Å²) >= 11 is 12.2. The van der Waals surface area contributed by atoms with Crippen molar-refractivity contribution in [2.24, 2.45) is 0 Å². The zero-order valence-corrected chi connectivity index (χ0v) is 17.9. The van der Waals surface area contributed by atoms with Gasteiger partial charge < -0.3 is 19.7 Å². The number of benzene rings is 1. The molecule has 1 aromatic rings. The van der Waals surface area contributed by atoms with Gasteiger partial charge in [-0.2, -0.15) is 0 Å². The van der Waals surface area contributed by atoms with Crippen molar-refractivity contribution in [1.82, 2.24) is 4.90 Å². The third kappa shape index (κ3) is 8.04. The monoisotopic (exact) mass is 438 g/mol. The van der Waals surface area contributed by atoms with Crippen LogP contribution in [0.5, 0.6) is 5.75 Å². The van der Waals surface area contributed by atoms with Gasteiger partial charge in [-0.1, -0.05) is 23.2 Å². The normalized spacial score (nSPS) is 11.7. The number of carbonyl (C=O) groups is 2. The highest BCUT2D eigenvalue weighted by Gasteiger charge is 2.17. The van der Waals surface area contributed by atoms with E-state index in [1.54, 1.807) is 12.0 Å². The highest BCUT2D eigenvalue weighted by atomic mass is 35.5. The van der Waals surface area contributed by atoms with Crippen molar-refractivity contribution in [3.8, 4) is 5.75 Å². The third-order valence-corrected chi connectivity index (χ3v) is 5.29. The van der Waals surface area contributed by atoms with Crippen molar-refractivity contribution in [2.45, 2.75) is 13.8 Å². The Morgan fingerprint density at radius 1 is 1.11 bits per heavy atom. The second-order valence-corrected chi connectivity index (χ2v) is 7.72. The van der Waals surface area contributed by atoms with E-state index in [1.165, 1.54) is 12.1 Å². The van der Waals surface area contributed by atoms with Crippen molar-refractivity contribution in [3.05, 3.63) is 22.2 Å². The lowest BCUT2D eigenvalue weighted by Gasteiger charge is -2.18. The largest absolute Gasteiger partial charge is 0.490 e. The lowest BCUT2D eigenvalue weighted by atomic mass is 10.3. The quantitative estimate of drug-likeness (QED) is 0.536. The fraction of sp³-hybridized carbons (Fsp3) is 0.529. The van der Waals surface area contributed by atoms with Crippen LogP contribution in [0.25, 0.3) is 0 Å². The van der Waals surface area contributed by atoms with Gasteiger partial charge in [-0.15, -0.1) is 0 Å². The Labute approximate surface area is 171 Å². The van der Waals surface area contributed by atoms with Gasteiger partial charge in [0.25, 0.3) is 0 Å². The van der Waals surface area contributed by atoms with Crippen LogP contribution in [-0.4, -0.2) is 65.8 Å². The number of hydrogen-bond acceptors (Lipinski definition) is 5. The van der Waals surface area contributed by atoms with E-state index < -0.39 is 16.7 Å². The van der Waals surface area contributed by atoms with E-state index in [0.29, 0.717) is 30.5 Å². The molecule has 0 radical (unpaired) electrons. The smallest absolute Gasteiger partial charge is 0.237 e. The molecule has 0 unspecified atom stereocenters. The van der Waals surface area contributed by atoms with Gasteiger partial charge in [0, 0.05) is 37.1 Å². The van der Waals surface area contributed by atoms with Crippen molar-refractivity contribution in [3.63, 3.8) is 0 Å². The van der Waals surface area contributed by atoms with Gasteiger partial charge in [0.1, 0.15) is 23.9 Å². The van der Waals surface area contributed by atoms with Crippen LogP contribution in [-0.2, 0) is 25.1 Å². The first-order valence-corrected chi connectivity index (χ1v) is 10.6. The molecule has 0 bridgehead atoms. The number of anilines is 1. The minimum Gasteiger partial charge on any atom is -0.490 e. The zero-order valence-electron chi connectivity index (χ0n) is 15.5. The number of nitrogens with one attached hydrogen (secondary N) is 1. The van der Waals surface area contributed by atoms with Crippen molar-refractivity contribution < 1.29 is 23.3 Å². The molecule has 1 atom stereocenters. The summed E-state index contributed by atoms with van der Waals surface area (Å²) in [6, 6.07) is 2.93. The van der Waals surface area contributed by atoms with E-state index in [1.807, 2.05) is 13.8 Å². The number of nitrogens with zero attached hydrogens (tertiary/aromatic N) is 1. The molecule has 0 spiro atoms. The number of amides is 2. The van der Waals surface area contributed by atoms with E-state index in [0.717, 1.165) is 0 Å². The van der Waals surface area contributed by atoms with Crippen LogP contribution in [0.1, 0.15) is 13.8 Å². The molecule has 152 valence electrons. The van der Waals surface area contributed by atoms with E-state index in [-0.39, 0.29) is 34.7 Å². The summed E-state index contributed by atoms with van der Waals surface area (Å²) in [7, 11) is -0.0750. The number of methoxy groups -OCH3 is 1. The number of hydrogen-bond donors (Lipinski definition) is 1. The number of carbonyl (C=O) groups excluding carboxylic acids is 2. The van der Waals surface area contributed by atoms with Crippen LogP contribution >= 0.6 is 23.2 Å². The molecule has 1 aromatic carbocycles. The minimum absolute atomic E-state index is 0.200. The fourth-order valence-electron chi connectivity index (χ4n) is 2.16. The molecule has 0 aliphatic heterocycles. The van der Waals surface area contributed by atoms with Crippen LogP contribution < -0.4 is 10.1 Å². The Hall–Kier alpha value is -1.35. The molecule has 1 N–H and O–H groups in total. The zero-order chi connectivity index (χ0) is 20.4. The van der Waals surface area contributed by atoms with E-state index >= 15 is 0 Å². The summed E-state index contributed by atoms with van der Waals surface area (Å²) in [5, 5.41) is 3.08. The Kier molecular flexibility index (Phi) is 10.7. The first-order valence-electron chi connectivity index (χ1n) is 8.35. The van der Waals surface area contributed by atoms with Gasteiger partial charge in [0.05, 0.1) is 22.3 Å². The molecule has 0 aliphatic rings. The van der Waals surface area contributed by atoms with Crippen LogP contribution in [0.4, 0.5) is 5.69 Å². The van der Waals surface area contributed by atoms with E-state index in [9.17, 15) is 13.8 Å². The van der Waals surface area contributed by atoms with Crippen molar-refractivity contribution in [1.29, 1.82) is 0 Å².